The molecule has 0 aliphatic carbocycles. The van der Waals surface area contributed by atoms with Crippen molar-refractivity contribution in [2.75, 3.05) is 19.8 Å². The highest BCUT2D eigenvalue weighted by Crippen LogP contribution is 2.47. The van der Waals surface area contributed by atoms with Crippen LogP contribution in [-0.2, 0) is 19.1 Å². The van der Waals surface area contributed by atoms with Crippen LogP contribution in [0.15, 0.2) is 36.6 Å². The Morgan fingerprint density at radius 3 is 2.59 bits per heavy atom. The third kappa shape index (κ3) is 3.66. The van der Waals surface area contributed by atoms with E-state index >= 15 is 0 Å². The molecule has 158 valence electrons. The summed E-state index contributed by atoms with van der Waals surface area (Å²) in [6.45, 7) is 8.24. The van der Waals surface area contributed by atoms with Crippen molar-refractivity contribution in [2.45, 2.75) is 44.1 Å². The fourth-order valence-corrected chi connectivity index (χ4v) is 4.32. The van der Waals surface area contributed by atoms with E-state index in [0.717, 1.165) is 0 Å². The molecule has 0 bridgehead atoms. The van der Waals surface area contributed by atoms with Crippen LogP contribution in [0, 0.1) is 5.92 Å². The molecule has 8 nitrogen and oxygen atoms in total. The van der Waals surface area contributed by atoms with Gasteiger partial charge in [-0.2, -0.15) is 0 Å². The maximum absolute atomic E-state index is 14.2. The van der Waals surface area contributed by atoms with Crippen molar-refractivity contribution in [3.8, 4) is 0 Å². The number of esters is 1. The van der Waals surface area contributed by atoms with E-state index in [2.05, 4.69) is 13.2 Å². The fourth-order valence-electron chi connectivity index (χ4n) is 4.32. The first-order valence-electron chi connectivity index (χ1n) is 9.52. The predicted molar refractivity (Wildman–Crippen MR) is 100 cm³/mol. The number of likely N-dealkylation sites (tertiary alicyclic amines) is 1. The predicted octanol–water partition coefficient (Wildman–Crippen LogP) is 1.32. The zero-order chi connectivity index (χ0) is 21.3. The summed E-state index contributed by atoms with van der Waals surface area (Å²) in [7, 11) is 0. The van der Waals surface area contributed by atoms with Crippen LogP contribution in [0.4, 0.5) is 9.18 Å². The second kappa shape index (κ2) is 8.36. The molecule has 0 spiro atoms. The number of rotatable bonds is 7. The molecule has 9 heteroatoms. The number of halogens is 1. The van der Waals surface area contributed by atoms with Gasteiger partial charge in [-0.25, -0.2) is 14.0 Å². The lowest BCUT2D eigenvalue weighted by atomic mass is 9.82. The van der Waals surface area contributed by atoms with Gasteiger partial charge >= 0.3 is 12.1 Å². The van der Waals surface area contributed by atoms with Gasteiger partial charge in [-0.1, -0.05) is 25.3 Å². The summed E-state index contributed by atoms with van der Waals surface area (Å²) in [5.74, 6) is -1.78. The summed E-state index contributed by atoms with van der Waals surface area (Å²) >= 11 is 0. The molecule has 0 saturated carbocycles. The lowest BCUT2D eigenvalue weighted by Gasteiger charge is -2.44. The van der Waals surface area contributed by atoms with Crippen molar-refractivity contribution in [3.05, 3.63) is 36.6 Å². The van der Waals surface area contributed by atoms with Crippen molar-refractivity contribution >= 4 is 18.0 Å². The summed E-state index contributed by atoms with van der Waals surface area (Å²) in [5, 5.41) is 9.94. The van der Waals surface area contributed by atoms with Gasteiger partial charge in [0.2, 0.25) is 5.91 Å². The number of fused-ring (bicyclic) bond motifs is 1. The first-order valence-corrected chi connectivity index (χ1v) is 9.52. The molecule has 0 aromatic carbocycles. The zero-order valence-electron chi connectivity index (χ0n) is 16.3. The number of alkyl halides is 1. The second-order valence-electron chi connectivity index (χ2n) is 7.37. The molecule has 2 fully saturated rings. The highest BCUT2D eigenvalue weighted by atomic mass is 19.1. The Kier molecular flexibility index (Phi) is 6.07. The van der Waals surface area contributed by atoms with Crippen molar-refractivity contribution in [1.82, 2.24) is 9.80 Å². The second-order valence-corrected chi connectivity index (χ2v) is 7.37. The lowest BCUT2D eigenvalue weighted by Crippen LogP contribution is -2.61. The summed E-state index contributed by atoms with van der Waals surface area (Å²) < 4.78 is 24.4. The Bertz CT molecular complexity index is 764. The Morgan fingerprint density at radius 2 is 1.97 bits per heavy atom. The van der Waals surface area contributed by atoms with Crippen molar-refractivity contribution < 1.29 is 33.4 Å². The lowest BCUT2D eigenvalue weighted by molar-refractivity contribution is -0.162. The Balaban J connectivity index is 1.94. The zero-order valence-corrected chi connectivity index (χ0v) is 16.3. The van der Waals surface area contributed by atoms with Gasteiger partial charge in [0.1, 0.15) is 25.1 Å². The molecule has 2 saturated heterocycles. The molecule has 3 heterocycles. The van der Waals surface area contributed by atoms with Crippen molar-refractivity contribution in [2.24, 2.45) is 5.92 Å². The summed E-state index contributed by atoms with van der Waals surface area (Å²) in [6, 6.07) is -1.16. The molecular formula is C20H25FN2O6. The Labute approximate surface area is 168 Å². The van der Waals surface area contributed by atoms with Crippen LogP contribution in [0.5, 0.6) is 0 Å². The maximum Gasteiger partial charge on any atom is 0.410 e. The van der Waals surface area contributed by atoms with Crippen LogP contribution in [-0.4, -0.2) is 77.0 Å². The molecule has 1 N–H and O–H groups in total. The number of aliphatic hydroxyl groups is 1. The van der Waals surface area contributed by atoms with Gasteiger partial charge in [-0.15, -0.1) is 0 Å². The standard InChI is InChI=1S/C20H25FN2O6/c1-4-6-28-19(26)17-13(9-15-16(11(3)24)18(25)23(15)17)14-8-12(21)10-22(14)20(27)29-7-5-2/h4-5,11-12,14-16,24H,1-2,6-10H2,3H3/t11-,12?,14+,15-,16-/m1/s1. The first kappa shape index (κ1) is 21.0. The van der Waals surface area contributed by atoms with Gasteiger partial charge in [-0.3, -0.25) is 9.69 Å². The Hall–Kier alpha value is -2.68. The molecule has 1 unspecified atom stereocenters. The average molecular weight is 408 g/mol. The number of carbonyl (C=O) groups excluding carboxylic acids is 3. The normalized spacial score (nSPS) is 29.3. The van der Waals surface area contributed by atoms with Crippen LogP contribution >= 0.6 is 0 Å². The van der Waals surface area contributed by atoms with Crippen molar-refractivity contribution in [1.29, 1.82) is 0 Å². The van der Waals surface area contributed by atoms with Gasteiger partial charge in [-0.05, 0) is 18.9 Å². The van der Waals surface area contributed by atoms with Crippen LogP contribution < -0.4 is 0 Å². The number of aliphatic hydroxyl groups excluding tert-OH is 1. The SMILES string of the molecule is C=CCOC(=O)C1=C([C@@H]2CC(F)CN2C(=O)OCC=C)C[C@@H]2[C@@H]([C@@H](C)O)C(=O)N12. The Morgan fingerprint density at radius 1 is 1.31 bits per heavy atom. The number of ether oxygens (including phenoxy) is 2. The highest BCUT2D eigenvalue weighted by molar-refractivity contribution is 6.00. The highest BCUT2D eigenvalue weighted by Gasteiger charge is 2.58. The molecule has 3 aliphatic heterocycles. The molecule has 5 atom stereocenters. The third-order valence-electron chi connectivity index (χ3n) is 5.50. The van der Waals surface area contributed by atoms with Crippen LogP contribution in [0.25, 0.3) is 0 Å². The van der Waals surface area contributed by atoms with E-state index in [9.17, 15) is 23.9 Å². The third-order valence-corrected chi connectivity index (χ3v) is 5.50. The van der Waals surface area contributed by atoms with Crippen LogP contribution in [0.1, 0.15) is 19.8 Å². The number of amides is 2. The van der Waals surface area contributed by atoms with E-state index < -0.39 is 42.3 Å². The topological polar surface area (TPSA) is 96.4 Å². The van der Waals surface area contributed by atoms with E-state index in [1.54, 1.807) is 0 Å². The van der Waals surface area contributed by atoms with Gasteiger partial charge in [0, 0.05) is 6.42 Å². The fraction of sp³-hybridized carbons (Fsp3) is 0.550. The van der Waals surface area contributed by atoms with Gasteiger partial charge in [0.25, 0.3) is 0 Å². The van der Waals surface area contributed by atoms with E-state index in [4.69, 9.17) is 9.47 Å². The number of carbonyl (C=O) groups is 3. The molecule has 2 amide bonds. The van der Waals surface area contributed by atoms with Gasteiger partial charge in [0.05, 0.1) is 30.7 Å². The minimum absolute atomic E-state index is 0.00907. The van der Waals surface area contributed by atoms with E-state index in [0.29, 0.717) is 5.57 Å². The van der Waals surface area contributed by atoms with Crippen molar-refractivity contribution in [3.63, 3.8) is 0 Å². The molecule has 0 radical (unpaired) electrons. The summed E-state index contributed by atoms with van der Waals surface area (Å²) in [4.78, 5) is 40.2. The largest absolute Gasteiger partial charge is 0.457 e. The number of nitrogens with zero attached hydrogens (tertiary/aromatic N) is 2. The molecule has 0 aromatic rings. The number of hydrogen-bond acceptors (Lipinski definition) is 6. The van der Waals surface area contributed by atoms with Gasteiger partial charge < -0.3 is 19.5 Å². The van der Waals surface area contributed by atoms with Crippen LogP contribution in [0.3, 0.4) is 0 Å². The summed E-state index contributed by atoms with van der Waals surface area (Å²) in [5.41, 5.74) is 0.482. The van der Waals surface area contributed by atoms with Gasteiger partial charge in [0.15, 0.2) is 0 Å². The molecule has 29 heavy (non-hydrogen) atoms. The smallest absolute Gasteiger partial charge is 0.410 e. The monoisotopic (exact) mass is 408 g/mol. The molecular weight excluding hydrogens is 383 g/mol. The number of hydrogen-bond donors (Lipinski definition) is 1. The maximum atomic E-state index is 14.2. The average Bonchev–Trinajstić information content (AvgIpc) is 3.21. The van der Waals surface area contributed by atoms with Crippen LogP contribution in [0.2, 0.25) is 0 Å². The molecule has 3 rings (SSSR count). The molecule has 3 aliphatic rings. The number of β-lactam (4-membered cyclic amide) rings is 1. The van der Waals surface area contributed by atoms with E-state index in [1.807, 2.05) is 0 Å². The quantitative estimate of drug-likeness (QED) is 0.388. The van der Waals surface area contributed by atoms with E-state index in [-0.39, 0.29) is 44.2 Å². The minimum Gasteiger partial charge on any atom is -0.457 e. The summed E-state index contributed by atoms with van der Waals surface area (Å²) in [6.07, 6.45) is 0.153. The minimum atomic E-state index is -1.29. The van der Waals surface area contributed by atoms with E-state index in [1.165, 1.54) is 28.9 Å². The first-order chi connectivity index (χ1) is 13.8. The molecule has 0 aromatic heterocycles.